The van der Waals surface area contributed by atoms with Crippen molar-refractivity contribution < 1.29 is 4.74 Å². The number of hydrogen-bond acceptors (Lipinski definition) is 2. The second kappa shape index (κ2) is 9.85. The first kappa shape index (κ1) is 16.0. The van der Waals surface area contributed by atoms with Crippen LogP contribution in [0.15, 0.2) is 24.3 Å². The lowest BCUT2D eigenvalue weighted by Gasteiger charge is -2.19. The molecule has 0 saturated carbocycles. The van der Waals surface area contributed by atoms with Gasteiger partial charge in [-0.1, -0.05) is 45.7 Å². The molecule has 0 heterocycles. The average Bonchev–Trinajstić information content (AvgIpc) is 2.42. The van der Waals surface area contributed by atoms with Crippen LogP contribution in [0, 0.1) is 0 Å². The highest BCUT2D eigenvalue weighted by atomic mass is 16.5. The second-order valence-corrected chi connectivity index (χ2v) is 5.13. The molecule has 0 aliphatic carbocycles. The zero-order valence-corrected chi connectivity index (χ0v) is 12.7. The quantitative estimate of drug-likeness (QED) is 0.639. The molecule has 108 valence electrons. The van der Waals surface area contributed by atoms with Gasteiger partial charge in [0.1, 0.15) is 11.9 Å². The Bertz CT molecular complexity index is 321. The summed E-state index contributed by atoms with van der Waals surface area (Å²) in [6, 6.07) is 8.57. The lowest BCUT2D eigenvalue weighted by atomic mass is 10.1. The molecule has 0 aliphatic heterocycles. The number of rotatable bonds is 10. The van der Waals surface area contributed by atoms with Gasteiger partial charge in [-0.3, -0.25) is 0 Å². The van der Waals surface area contributed by atoms with E-state index in [1.165, 1.54) is 18.4 Å². The molecule has 1 aromatic rings. The minimum Gasteiger partial charge on any atom is -0.489 e. The Morgan fingerprint density at radius 1 is 1.00 bits per heavy atom. The zero-order chi connectivity index (χ0) is 13.9. The molecule has 1 unspecified atom stereocenters. The summed E-state index contributed by atoms with van der Waals surface area (Å²) >= 11 is 0. The van der Waals surface area contributed by atoms with Gasteiger partial charge in [0.2, 0.25) is 0 Å². The Hall–Kier alpha value is -1.02. The third-order valence-corrected chi connectivity index (χ3v) is 3.17. The van der Waals surface area contributed by atoms with Gasteiger partial charge in [0.25, 0.3) is 0 Å². The average molecular weight is 263 g/mol. The first-order chi connectivity index (χ1) is 9.30. The van der Waals surface area contributed by atoms with Gasteiger partial charge < -0.3 is 10.1 Å². The Morgan fingerprint density at radius 3 is 2.32 bits per heavy atom. The second-order valence-electron chi connectivity index (χ2n) is 5.13. The first-order valence-corrected chi connectivity index (χ1v) is 7.76. The van der Waals surface area contributed by atoms with Gasteiger partial charge in [0.15, 0.2) is 0 Å². The molecular weight excluding hydrogens is 234 g/mol. The third kappa shape index (κ3) is 6.63. The standard InChI is InChI=1S/C17H29NO/c1-4-7-15-9-11-16(12-10-15)19-17(8-5-2)14-18-13-6-3/h9-12,17-18H,4-8,13-14H2,1-3H3. The first-order valence-electron chi connectivity index (χ1n) is 7.76. The minimum absolute atomic E-state index is 0.286. The lowest BCUT2D eigenvalue weighted by molar-refractivity contribution is 0.186. The number of benzene rings is 1. The van der Waals surface area contributed by atoms with Crippen molar-refractivity contribution in [2.45, 2.75) is 59.0 Å². The van der Waals surface area contributed by atoms with Crippen LogP contribution in [0.1, 0.15) is 52.0 Å². The van der Waals surface area contributed by atoms with Crippen LogP contribution >= 0.6 is 0 Å². The molecule has 0 bridgehead atoms. The van der Waals surface area contributed by atoms with Crippen LogP contribution in [-0.2, 0) is 6.42 Å². The van der Waals surface area contributed by atoms with Crippen LogP contribution in [0.4, 0.5) is 0 Å². The maximum atomic E-state index is 6.07. The van der Waals surface area contributed by atoms with Gasteiger partial charge in [-0.2, -0.15) is 0 Å². The molecule has 1 N–H and O–H groups in total. The monoisotopic (exact) mass is 263 g/mol. The summed E-state index contributed by atoms with van der Waals surface area (Å²) in [5, 5.41) is 3.45. The molecule has 0 aliphatic rings. The maximum absolute atomic E-state index is 6.07. The topological polar surface area (TPSA) is 21.3 Å². The molecule has 2 nitrogen and oxygen atoms in total. The van der Waals surface area contributed by atoms with Gasteiger partial charge in [0, 0.05) is 6.54 Å². The predicted molar refractivity (Wildman–Crippen MR) is 82.9 cm³/mol. The van der Waals surface area contributed by atoms with Crippen LogP contribution in [0.2, 0.25) is 0 Å². The van der Waals surface area contributed by atoms with E-state index in [9.17, 15) is 0 Å². The van der Waals surface area contributed by atoms with Crippen molar-refractivity contribution in [2.24, 2.45) is 0 Å². The molecule has 0 spiro atoms. The fourth-order valence-corrected chi connectivity index (χ4v) is 2.18. The van der Waals surface area contributed by atoms with Crippen molar-refractivity contribution in [2.75, 3.05) is 13.1 Å². The highest BCUT2D eigenvalue weighted by molar-refractivity contribution is 5.27. The molecule has 0 radical (unpaired) electrons. The van der Waals surface area contributed by atoms with E-state index < -0.39 is 0 Å². The summed E-state index contributed by atoms with van der Waals surface area (Å²) in [6.45, 7) is 8.62. The molecule has 0 amide bonds. The van der Waals surface area contributed by atoms with Crippen molar-refractivity contribution in [3.8, 4) is 5.75 Å². The molecule has 1 atom stereocenters. The fourth-order valence-electron chi connectivity index (χ4n) is 2.18. The Balaban J connectivity index is 2.47. The summed E-state index contributed by atoms with van der Waals surface area (Å²) in [5.74, 6) is 0.997. The van der Waals surface area contributed by atoms with Crippen molar-refractivity contribution in [3.63, 3.8) is 0 Å². The molecule has 0 fully saturated rings. The largest absolute Gasteiger partial charge is 0.489 e. The summed E-state index contributed by atoms with van der Waals surface area (Å²) in [5.41, 5.74) is 1.39. The molecule has 1 aromatic carbocycles. The molecule has 0 saturated heterocycles. The number of nitrogens with one attached hydrogen (secondary N) is 1. The van der Waals surface area contributed by atoms with E-state index in [0.717, 1.165) is 38.1 Å². The number of hydrogen-bond donors (Lipinski definition) is 1. The molecule has 2 heteroatoms. The normalized spacial score (nSPS) is 12.4. The van der Waals surface area contributed by atoms with Gasteiger partial charge in [0.05, 0.1) is 0 Å². The SMILES string of the molecule is CCCNCC(CCC)Oc1ccc(CCC)cc1. The van der Waals surface area contributed by atoms with Crippen LogP contribution in [-0.4, -0.2) is 19.2 Å². The number of aryl methyl sites for hydroxylation is 1. The van der Waals surface area contributed by atoms with E-state index in [0.29, 0.717) is 0 Å². The van der Waals surface area contributed by atoms with Crippen molar-refractivity contribution in [3.05, 3.63) is 29.8 Å². The van der Waals surface area contributed by atoms with E-state index in [-0.39, 0.29) is 6.10 Å². The lowest BCUT2D eigenvalue weighted by Crippen LogP contribution is -2.31. The van der Waals surface area contributed by atoms with Crippen LogP contribution in [0.5, 0.6) is 5.75 Å². The Kier molecular flexibility index (Phi) is 8.31. The van der Waals surface area contributed by atoms with Crippen molar-refractivity contribution >= 4 is 0 Å². The highest BCUT2D eigenvalue weighted by Gasteiger charge is 2.08. The van der Waals surface area contributed by atoms with E-state index in [4.69, 9.17) is 4.74 Å². The number of ether oxygens (including phenoxy) is 1. The van der Waals surface area contributed by atoms with Gasteiger partial charge in [-0.15, -0.1) is 0 Å². The maximum Gasteiger partial charge on any atom is 0.119 e. The Morgan fingerprint density at radius 2 is 1.74 bits per heavy atom. The van der Waals surface area contributed by atoms with E-state index in [2.05, 4.69) is 50.4 Å². The van der Waals surface area contributed by atoms with Crippen molar-refractivity contribution in [1.29, 1.82) is 0 Å². The summed E-state index contributed by atoms with van der Waals surface area (Å²) in [7, 11) is 0. The fraction of sp³-hybridized carbons (Fsp3) is 0.647. The molecule has 0 aromatic heterocycles. The zero-order valence-electron chi connectivity index (χ0n) is 12.7. The predicted octanol–water partition coefficient (Wildman–Crippen LogP) is 4.19. The van der Waals surface area contributed by atoms with Gasteiger partial charge >= 0.3 is 0 Å². The highest BCUT2D eigenvalue weighted by Crippen LogP contribution is 2.16. The minimum atomic E-state index is 0.286. The van der Waals surface area contributed by atoms with E-state index in [1.807, 2.05) is 0 Å². The molecular formula is C17H29NO. The van der Waals surface area contributed by atoms with E-state index >= 15 is 0 Å². The molecule has 19 heavy (non-hydrogen) atoms. The summed E-state index contributed by atoms with van der Waals surface area (Å²) < 4.78 is 6.07. The van der Waals surface area contributed by atoms with Crippen LogP contribution in [0.25, 0.3) is 0 Å². The van der Waals surface area contributed by atoms with Gasteiger partial charge in [-0.05, 0) is 43.5 Å². The smallest absolute Gasteiger partial charge is 0.119 e. The van der Waals surface area contributed by atoms with E-state index in [1.54, 1.807) is 0 Å². The summed E-state index contributed by atoms with van der Waals surface area (Å²) in [6.07, 6.45) is 6.06. The van der Waals surface area contributed by atoms with Crippen molar-refractivity contribution in [1.82, 2.24) is 5.32 Å². The Labute approximate surface area is 118 Å². The van der Waals surface area contributed by atoms with Crippen LogP contribution < -0.4 is 10.1 Å². The van der Waals surface area contributed by atoms with Crippen LogP contribution in [0.3, 0.4) is 0 Å². The summed E-state index contributed by atoms with van der Waals surface area (Å²) in [4.78, 5) is 0. The van der Waals surface area contributed by atoms with Gasteiger partial charge in [-0.25, -0.2) is 0 Å². The molecule has 1 rings (SSSR count). The third-order valence-electron chi connectivity index (χ3n) is 3.17.